The number of hydrogen-bond acceptors (Lipinski definition) is 5. The van der Waals surface area contributed by atoms with Crippen molar-refractivity contribution < 1.29 is 4.79 Å². The maximum absolute atomic E-state index is 11.4. The molecule has 8 nitrogen and oxygen atoms in total. The molecule has 0 radical (unpaired) electrons. The van der Waals surface area contributed by atoms with E-state index in [9.17, 15) is 4.79 Å². The van der Waals surface area contributed by atoms with E-state index in [0.29, 0.717) is 12.2 Å². The van der Waals surface area contributed by atoms with Gasteiger partial charge < -0.3 is 5.32 Å². The van der Waals surface area contributed by atoms with Gasteiger partial charge in [-0.25, -0.2) is 0 Å². The number of aryl methyl sites for hydroxylation is 1. The third kappa shape index (κ3) is 2.62. The molecular weight excluding hydrogens is 210 g/mol. The van der Waals surface area contributed by atoms with Crippen molar-refractivity contribution in [3.63, 3.8) is 0 Å². The molecule has 84 valence electrons. The molecule has 0 aliphatic heterocycles. The van der Waals surface area contributed by atoms with Gasteiger partial charge in [-0.3, -0.25) is 9.48 Å². The van der Waals surface area contributed by atoms with E-state index in [2.05, 4.69) is 31.0 Å². The molecule has 0 spiro atoms. The maximum atomic E-state index is 11.4. The fourth-order valence-electron chi connectivity index (χ4n) is 1.20. The third-order valence-corrected chi connectivity index (χ3v) is 1.97. The van der Waals surface area contributed by atoms with Gasteiger partial charge in [0, 0.05) is 19.3 Å². The van der Waals surface area contributed by atoms with Gasteiger partial charge in [-0.15, -0.1) is 5.10 Å². The Kier molecular flexibility index (Phi) is 3.22. The minimum Gasteiger partial charge on any atom is -0.351 e. The van der Waals surface area contributed by atoms with Gasteiger partial charge in [0.05, 0.1) is 12.4 Å². The second-order valence-electron chi connectivity index (χ2n) is 3.13. The fraction of sp³-hybridized carbons (Fsp3) is 0.375. The molecule has 0 aliphatic carbocycles. The zero-order valence-electron chi connectivity index (χ0n) is 8.50. The number of aromatic amines is 1. The van der Waals surface area contributed by atoms with E-state index >= 15 is 0 Å². The number of rotatable bonds is 5. The third-order valence-electron chi connectivity index (χ3n) is 1.97. The summed E-state index contributed by atoms with van der Waals surface area (Å²) in [4.78, 5) is 11.4. The van der Waals surface area contributed by atoms with Crippen LogP contribution in [0.15, 0.2) is 18.6 Å². The summed E-state index contributed by atoms with van der Waals surface area (Å²) in [6.45, 7) is 1.28. The molecule has 0 aliphatic rings. The molecule has 2 rings (SSSR count). The molecule has 16 heavy (non-hydrogen) atoms. The van der Waals surface area contributed by atoms with Crippen LogP contribution in [0.3, 0.4) is 0 Å². The molecule has 0 fully saturated rings. The number of H-pyrrole nitrogens is 1. The van der Waals surface area contributed by atoms with Crippen LogP contribution < -0.4 is 5.32 Å². The van der Waals surface area contributed by atoms with Crippen LogP contribution in [-0.4, -0.2) is 42.9 Å². The Morgan fingerprint density at radius 3 is 3.19 bits per heavy atom. The first kappa shape index (κ1) is 10.3. The molecule has 2 aromatic rings. The summed E-state index contributed by atoms with van der Waals surface area (Å²) in [6.07, 6.45) is 5.56. The lowest BCUT2D eigenvalue weighted by Gasteiger charge is -2.02. The van der Waals surface area contributed by atoms with Gasteiger partial charge in [0.15, 0.2) is 5.69 Å². The Balaban J connectivity index is 1.67. The Morgan fingerprint density at radius 2 is 2.50 bits per heavy atom. The van der Waals surface area contributed by atoms with Crippen molar-refractivity contribution in [2.45, 2.75) is 13.0 Å². The first-order valence-electron chi connectivity index (χ1n) is 4.84. The van der Waals surface area contributed by atoms with Crippen LogP contribution >= 0.6 is 0 Å². The van der Waals surface area contributed by atoms with E-state index in [1.807, 2.05) is 0 Å². The average Bonchev–Trinajstić information content (AvgIpc) is 2.96. The molecule has 8 heteroatoms. The van der Waals surface area contributed by atoms with Gasteiger partial charge in [0.25, 0.3) is 5.91 Å². The van der Waals surface area contributed by atoms with Crippen LogP contribution in [0, 0.1) is 0 Å². The topological polar surface area (TPSA) is 101 Å². The Bertz CT molecular complexity index is 421. The van der Waals surface area contributed by atoms with Crippen molar-refractivity contribution in [3.05, 3.63) is 24.3 Å². The SMILES string of the molecule is O=C(NCCCn1ccnn1)c1cn[nH]n1. The standard InChI is InChI=1S/C8H11N7O/c16-8(7-6-11-13-12-7)9-2-1-4-15-5-3-10-14-15/h3,5-6H,1-2,4H2,(H,9,16)(H,11,12,13). The number of aromatic nitrogens is 6. The predicted molar refractivity (Wildman–Crippen MR) is 53.4 cm³/mol. The summed E-state index contributed by atoms with van der Waals surface area (Å²) in [5.41, 5.74) is 0.292. The molecule has 1 amide bonds. The number of carbonyl (C=O) groups is 1. The van der Waals surface area contributed by atoms with E-state index in [1.54, 1.807) is 17.1 Å². The van der Waals surface area contributed by atoms with Crippen molar-refractivity contribution >= 4 is 5.91 Å². The number of nitrogens with one attached hydrogen (secondary N) is 2. The second-order valence-corrected chi connectivity index (χ2v) is 3.13. The number of nitrogens with zero attached hydrogens (tertiary/aromatic N) is 5. The quantitative estimate of drug-likeness (QED) is 0.645. The molecule has 0 aromatic carbocycles. The van der Waals surface area contributed by atoms with Gasteiger partial charge in [0.1, 0.15) is 0 Å². The minimum atomic E-state index is -0.229. The summed E-state index contributed by atoms with van der Waals surface area (Å²) in [6, 6.07) is 0. The summed E-state index contributed by atoms with van der Waals surface area (Å²) >= 11 is 0. The van der Waals surface area contributed by atoms with Crippen LogP contribution in [0.5, 0.6) is 0 Å². The summed E-state index contributed by atoms with van der Waals surface area (Å²) in [5, 5.41) is 19.8. The maximum Gasteiger partial charge on any atom is 0.273 e. The van der Waals surface area contributed by atoms with E-state index in [1.165, 1.54) is 6.20 Å². The van der Waals surface area contributed by atoms with Gasteiger partial charge in [-0.05, 0) is 6.42 Å². The lowest BCUT2D eigenvalue weighted by Crippen LogP contribution is -2.25. The second kappa shape index (κ2) is 5.01. The van der Waals surface area contributed by atoms with E-state index in [4.69, 9.17) is 0 Å². The number of carbonyl (C=O) groups excluding carboxylic acids is 1. The molecule has 0 saturated heterocycles. The van der Waals surface area contributed by atoms with Crippen LogP contribution in [0.25, 0.3) is 0 Å². The van der Waals surface area contributed by atoms with Crippen molar-refractivity contribution in [2.75, 3.05) is 6.54 Å². The fourth-order valence-corrected chi connectivity index (χ4v) is 1.20. The van der Waals surface area contributed by atoms with Crippen molar-refractivity contribution in [2.24, 2.45) is 0 Å². The first-order valence-corrected chi connectivity index (χ1v) is 4.84. The van der Waals surface area contributed by atoms with E-state index in [-0.39, 0.29) is 5.91 Å². The highest BCUT2D eigenvalue weighted by Gasteiger charge is 2.06. The lowest BCUT2D eigenvalue weighted by molar-refractivity contribution is 0.0947. The molecule has 0 unspecified atom stereocenters. The van der Waals surface area contributed by atoms with E-state index < -0.39 is 0 Å². The summed E-state index contributed by atoms with van der Waals surface area (Å²) in [7, 11) is 0. The highest BCUT2D eigenvalue weighted by molar-refractivity contribution is 5.91. The first-order chi connectivity index (χ1) is 7.86. The van der Waals surface area contributed by atoms with Gasteiger partial charge in [0.2, 0.25) is 0 Å². The van der Waals surface area contributed by atoms with Gasteiger partial charge in [-0.2, -0.15) is 15.4 Å². The van der Waals surface area contributed by atoms with Crippen LogP contribution in [0.2, 0.25) is 0 Å². The summed E-state index contributed by atoms with van der Waals surface area (Å²) in [5.74, 6) is -0.229. The van der Waals surface area contributed by atoms with Gasteiger partial charge in [-0.1, -0.05) is 5.21 Å². The molecule has 0 bridgehead atoms. The molecule has 0 atom stereocenters. The largest absolute Gasteiger partial charge is 0.351 e. The van der Waals surface area contributed by atoms with Crippen LogP contribution in [-0.2, 0) is 6.54 Å². The Morgan fingerprint density at radius 1 is 1.56 bits per heavy atom. The molecule has 2 aromatic heterocycles. The zero-order valence-corrected chi connectivity index (χ0v) is 8.50. The smallest absolute Gasteiger partial charge is 0.273 e. The predicted octanol–water partition coefficient (Wildman–Crippen LogP) is -0.784. The van der Waals surface area contributed by atoms with E-state index in [0.717, 1.165) is 13.0 Å². The van der Waals surface area contributed by atoms with Crippen molar-refractivity contribution in [1.29, 1.82) is 0 Å². The highest BCUT2D eigenvalue weighted by Crippen LogP contribution is 1.90. The monoisotopic (exact) mass is 221 g/mol. The zero-order chi connectivity index (χ0) is 11.2. The molecule has 2 N–H and O–H groups in total. The average molecular weight is 221 g/mol. The minimum absolute atomic E-state index is 0.229. The molecular formula is C8H11N7O. The number of amides is 1. The Hall–Kier alpha value is -2.25. The highest BCUT2D eigenvalue weighted by atomic mass is 16.1. The Labute approximate surface area is 91.0 Å². The van der Waals surface area contributed by atoms with Gasteiger partial charge >= 0.3 is 0 Å². The number of hydrogen-bond donors (Lipinski definition) is 2. The van der Waals surface area contributed by atoms with Crippen molar-refractivity contribution in [1.82, 2.24) is 35.7 Å². The summed E-state index contributed by atoms with van der Waals surface area (Å²) < 4.78 is 1.71. The molecule has 0 saturated carbocycles. The van der Waals surface area contributed by atoms with Crippen LogP contribution in [0.1, 0.15) is 16.9 Å². The van der Waals surface area contributed by atoms with Crippen LogP contribution in [0.4, 0.5) is 0 Å². The van der Waals surface area contributed by atoms with Crippen molar-refractivity contribution in [3.8, 4) is 0 Å². The normalized spacial score (nSPS) is 10.2. The molecule has 2 heterocycles. The lowest BCUT2D eigenvalue weighted by atomic mass is 10.4.